The summed E-state index contributed by atoms with van der Waals surface area (Å²) in [6.07, 6.45) is 0.538. The van der Waals surface area contributed by atoms with E-state index < -0.39 is 5.72 Å². The zero-order valence-electron chi connectivity index (χ0n) is 6.26. The van der Waals surface area contributed by atoms with Gasteiger partial charge in [-0.1, -0.05) is 6.92 Å². The minimum Gasteiger partial charge on any atom is -0.392 e. The second-order valence-corrected chi connectivity index (χ2v) is 2.39. The molecule has 0 bridgehead atoms. The Bertz CT molecular complexity index is 79.1. The van der Waals surface area contributed by atoms with Crippen LogP contribution in [-0.4, -0.2) is 41.5 Å². The molecule has 0 aromatic rings. The number of likely N-dealkylation sites (N-methyl/N-ethyl adjacent to an activating group) is 1. The molecule has 3 nitrogen and oxygen atoms in total. The molecule has 1 atom stereocenters. The van der Waals surface area contributed by atoms with Crippen LogP contribution in [0.2, 0.25) is 0 Å². The van der Waals surface area contributed by atoms with E-state index in [1.54, 1.807) is 19.0 Å². The maximum Gasteiger partial charge on any atom is 0.140 e. The summed E-state index contributed by atoms with van der Waals surface area (Å²) in [5.41, 5.74) is -1.03. The van der Waals surface area contributed by atoms with Crippen molar-refractivity contribution in [1.82, 2.24) is 4.90 Å². The Balaban J connectivity index is 3.92. The number of hydrogen-bond acceptors (Lipinski definition) is 3. The van der Waals surface area contributed by atoms with Gasteiger partial charge in [0.15, 0.2) is 0 Å². The van der Waals surface area contributed by atoms with Crippen LogP contribution in [0.15, 0.2) is 0 Å². The van der Waals surface area contributed by atoms with Crippen LogP contribution in [0.3, 0.4) is 0 Å². The Hall–Kier alpha value is -0.120. The number of hydrogen-bond donors (Lipinski definition) is 2. The minimum atomic E-state index is -1.03. The molecule has 1 unspecified atom stereocenters. The molecule has 0 rings (SSSR count). The average molecular weight is 133 g/mol. The van der Waals surface area contributed by atoms with E-state index in [1.165, 1.54) is 0 Å². The van der Waals surface area contributed by atoms with Crippen molar-refractivity contribution in [1.29, 1.82) is 0 Å². The van der Waals surface area contributed by atoms with Crippen molar-refractivity contribution in [2.24, 2.45) is 0 Å². The highest BCUT2D eigenvalue weighted by Gasteiger charge is 2.25. The molecule has 0 aliphatic heterocycles. The lowest BCUT2D eigenvalue weighted by atomic mass is 10.1. The molecule has 0 aliphatic rings. The van der Waals surface area contributed by atoms with E-state index in [4.69, 9.17) is 5.11 Å². The summed E-state index contributed by atoms with van der Waals surface area (Å²) >= 11 is 0. The van der Waals surface area contributed by atoms with E-state index >= 15 is 0 Å². The number of nitrogens with zero attached hydrogens (tertiary/aromatic N) is 1. The maximum absolute atomic E-state index is 9.38. The van der Waals surface area contributed by atoms with Crippen molar-refractivity contribution in [3.05, 3.63) is 0 Å². The SMILES string of the molecule is CCC(O)(CO)N(C)C. The first-order valence-electron chi connectivity index (χ1n) is 3.07. The summed E-state index contributed by atoms with van der Waals surface area (Å²) in [7, 11) is 3.47. The fraction of sp³-hybridized carbons (Fsp3) is 1.00. The normalized spacial score (nSPS) is 18.0. The van der Waals surface area contributed by atoms with Gasteiger partial charge in [0.05, 0.1) is 6.61 Å². The van der Waals surface area contributed by atoms with Gasteiger partial charge in [-0.05, 0) is 20.5 Å². The topological polar surface area (TPSA) is 43.7 Å². The highest BCUT2D eigenvalue weighted by molar-refractivity contribution is 4.70. The van der Waals surface area contributed by atoms with Gasteiger partial charge in [-0.15, -0.1) is 0 Å². The quantitative estimate of drug-likeness (QED) is 0.517. The second-order valence-electron chi connectivity index (χ2n) is 2.39. The van der Waals surface area contributed by atoms with E-state index in [0.717, 1.165) is 0 Å². The number of aliphatic hydroxyl groups excluding tert-OH is 1. The Morgan fingerprint density at radius 1 is 1.44 bits per heavy atom. The molecule has 9 heavy (non-hydrogen) atoms. The lowest BCUT2D eigenvalue weighted by Crippen LogP contribution is -2.46. The lowest BCUT2D eigenvalue weighted by molar-refractivity contribution is -0.118. The van der Waals surface area contributed by atoms with Gasteiger partial charge in [-0.3, -0.25) is 4.90 Å². The molecule has 0 saturated heterocycles. The van der Waals surface area contributed by atoms with Gasteiger partial charge in [0.2, 0.25) is 0 Å². The zero-order chi connectivity index (χ0) is 7.49. The molecular formula is C6H15NO2. The molecule has 0 radical (unpaired) electrons. The molecule has 0 heterocycles. The van der Waals surface area contributed by atoms with Crippen LogP contribution in [0.1, 0.15) is 13.3 Å². The molecule has 0 aromatic carbocycles. The summed E-state index contributed by atoms with van der Waals surface area (Å²) in [6, 6.07) is 0. The highest BCUT2D eigenvalue weighted by Crippen LogP contribution is 2.10. The number of rotatable bonds is 3. The molecule has 2 N–H and O–H groups in total. The largest absolute Gasteiger partial charge is 0.392 e. The predicted molar refractivity (Wildman–Crippen MR) is 36.0 cm³/mol. The number of aliphatic hydroxyl groups is 2. The maximum atomic E-state index is 9.38. The van der Waals surface area contributed by atoms with Crippen molar-refractivity contribution >= 4 is 0 Å². The van der Waals surface area contributed by atoms with Gasteiger partial charge in [0, 0.05) is 0 Å². The second kappa shape index (κ2) is 3.15. The Labute approximate surface area is 55.9 Å². The van der Waals surface area contributed by atoms with Gasteiger partial charge < -0.3 is 10.2 Å². The van der Waals surface area contributed by atoms with Gasteiger partial charge in [0.1, 0.15) is 5.72 Å². The van der Waals surface area contributed by atoms with Crippen LogP contribution in [-0.2, 0) is 0 Å². The van der Waals surface area contributed by atoms with Crippen molar-refractivity contribution in [3.8, 4) is 0 Å². The first-order chi connectivity index (χ1) is 4.06. The van der Waals surface area contributed by atoms with E-state index in [9.17, 15) is 5.11 Å². The molecule has 56 valence electrons. The van der Waals surface area contributed by atoms with Gasteiger partial charge in [0.25, 0.3) is 0 Å². The summed E-state index contributed by atoms with van der Waals surface area (Å²) in [5.74, 6) is 0. The molecule has 0 amide bonds. The molecule has 0 aromatic heterocycles. The first kappa shape index (κ1) is 8.88. The Morgan fingerprint density at radius 3 is 1.89 bits per heavy atom. The van der Waals surface area contributed by atoms with Crippen LogP contribution >= 0.6 is 0 Å². The standard InChI is InChI=1S/C6H15NO2/c1-4-6(9,5-8)7(2)3/h8-9H,4-5H2,1-3H3. The zero-order valence-corrected chi connectivity index (χ0v) is 6.26. The van der Waals surface area contributed by atoms with Gasteiger partial charge in [-0.25, -0.2) is 0 Å². The van der Waals surface area contributed by atoms with Gasteiger partial charge >= 0.3 is 0 Å². The van der Waals surface area contributed by atoms with Crippen molar-refractivity contribution < 1.29 is 10.2 Å². The molecule has 0 spiro atoms. The predicted octanol–water partition coefficient (Wildman–Crippen LogP) is -0.361. The molecule has 3 heteroatoms. The van der Waals surface area contributed by atoms with E-state index in [2.05, 4.69) is 0 Å². The van der Waals surface area contributed by atoms with E-state index in [0.29, 0.717) is 6.42 Å². The Morgan fingerprint density at radius 2 is 1.89 bits per heavy atom. The fourth-order valence-electron chi connectivity index (χ4n) is 0.569. The van der Waals surface area contributed by atoms with E-state index in [1.807, 2.05) is 6.92 Å². The molecule has 0 saturated carbocycles. The molecule has 0 fully saturated rings. The van der Waals surface area contributed by atoms with Crippen LogP contribution in [0, 0.1) is 0 Å². The molecular weight excluding hydrogens is 118 g/mol. The van der Waals surface area contributed by atoms with Crippen molar-refractivity contribution in [3.63, 3.8) is 0 Å². The first-order valence-corrected chi connectivity index (χ1v) is 3.07. The monoisotopic (exact) mass is 133 g/mol. The third-order valence-corrected chi connectivity index (χ3v) is 1.65. The lowest BCUT2D eigenvalue weighted by Gasteiger charge is -2.31. The summed E-state index contributed by atoms with van der Waals surface area (Å²) in [6.45, 7) is 1.62. The molecule has 0 aliphatic carbocycles. The van der Waals surface area contributed by atoms with Crippen LogP contribution in [0.25, 0.3) is 0 Å². The minimum absolute atomic E-state index is 0.212. The van der Waals surface area contributed by atoms with Crippen molar-refractivity contribution in [2.45, 2.75) is 19.1 Å². The highest BCUT2D eigenvalue weighted by atomic mass is 16.3. The van der Waals surface area contributed by atoms with Crippen LogP contribution in [0.4, 0.5) is 0 Å². The van der Waals surface area contributed by atoms with Crippen molar-refractivity contribution in [2.75, 3.05) is 20.7 Å². The summed E-state index contributed by atoms with van der Waals surface area (Å²) in [5, 5.41) is 18.0. The smallest absolute Gasteiger partial charge is 0.140 e. The Kier molecular flexibility index (Phi) is 3.11. The van der Waals surface area contributed by atoms with E-state index in [-0.39, 0.29) is 6.61 Å². The van der Waals surface area contributed by atoms with Gasteiger partial charge in [-0.2, -0.15) is 0 Å². The summed E-state index contributed by atoms with van der Waals surface area (Å²) < 4.78 is 0. The fourth-order valence-corrected chi connectivity index (χ4v) is 0.569. The third kappa shape index (κ3) is 1.93. The third-order valence-electron chi connectivity index (χ3n) is 1.65. The average Bonchev–Trinajstić information content (AvgIpc) is 1.86. The van der Waals surface area contributed by atoms with Crippen LogP contribution < -0.4 is 0 Å². The van der Waals surface area contributed by atoms with Crippen LogP contribution in [0.5, 0.6) is 0 Å². The summed E-state index contributed by atoms with van der Waals surface area (Å²) in [4.78, 5) is 1.60.